The Labute approximate surface area is 180 Å². The SMILES string of the molecule is CC(C)[C@H]1COC23CCN(C(=O)CCc4ccc(C(F)(F)F)cc4)CC2CCC(=O)N13. The van der Waals surface area contributed by atoms with E-state index in [9.17, 15) is 22.8 Å². The molecule has 1 spiro atoms. The van der Waals surface area contributed by atoms with Gasteiger partial charge in [-0.15, -0.1) is 0 Å². The summed E-state index contributed by atoms with van der Waals surface area (Å²) in [7, 11) is 0. The number of benzene rings is 1. The van der Waals surface area contributed by atoms with Crippen molar-refractivity contribution in [3.05, 3.63) is 35.4 Å². The quantitative estimate of drug-likeness (QED) is 0.717. The molecular weight excluding hydrogens is 409 g/mol. The highest BCUT2D eigenvalue weighted by Crippen LogP contribution is 2.47. The van der Waals surface area contributed by atoms with Crippen LogP contribution in [0.4, 0.5) is 13.2 Å². The van der Waals surface area contributed by atoms with Gasteiger partial charge in [0.25, 0.3) is 0 Å². The van der Waals surface area contributed by atoms with Crippen LogP contribution in [0.2, 0.25) is 0 Å². The van der Waals surface area contributed by atoms with E-state index >= 15 is 0 Å². The fourth-order valence-corrected chi connectivity index (χ4v) is 5.28. The van der Waals surface area contributed by atoms with E-state index in [4.69, 9.17) is 4.74 Å². The van der Waals surface area contributed by atoms with E-state index < -0.39 is 17.5 Å². The van der Waals surface area contributed by atoms with Crippen LogP contribution in [0.3, 0.4) is 0 Å². The maximum absolute atomic E-state index is 12.8. The molecule has 0 aromatic heterocycles. The Kier molecular flexibility index (Phi) is 5.79. The van der Waals surface area contributed by atoms with Crippen molar-refractivity contribution in [1.29, 1.82) is 0 Å². The van der Waals surface area contributed by atoms with Crippen LogP contribution < -0.4 is 0 Å². The van der Waals surface area contributed by atoms with Crippen LogP contribution in [0.25, 0.3) is 0 Å². The van der Waals surface area contributed by atoms with Crippen molar-refractivity contribution >= 4 is 11.8 Å². The number of amides is 2. The maximum Gasteiger partial charge on any atom is 0.416 e. The first kappa shape index (κ1) is 22.1. The van der Waals surface area contributed by atoms with Crippen LogP contribution in [-0.4, -0.2) is 53.1 Å². The van der Waals surface area contributed by atoms with Crippen LogP contribution in [-0.2, 0) is 26.9 Å². The van der Waals surface area contributed by atoms with Crippen molar-refractivity contribution < 1.29 is 27.5 Å². The Morgan fingerprint density at radius 3 is 2.61 bits per heavy atom. The number of rotatable bonds is 4. The fraction of sp³-hybridized carbons (Fsp3) is 0.652. The minimum atomic E-state index is -4.36. The Morgan fingerprint density at radius 1 is 1.26 bits per heavy atom. The zero-order valence-corrected chi connectivity index (χ0v) is 18.0. The molecule has 2 unspecified atom stereocenters. The van der Waals surface area contributed by atoms with Crippen molar-refractivity contribution in [3.8, 4) is 0 Å². The van der Waals surface area contributed by atoms with E-state index in [1.165, 1.54) is 12.1 Å². The minimum Gasteiger partial charge on any atom is -0.353 e. The summed E-state index contributed by atoms with van der Waals surface area (Å²) in [6.45, 7) is 5.83. The number of ether oxygens (including phenoxy) is 1. The highest BCUT2D eigenvalue weighted by atomic mass is 19.4. The molecule has 0 N–H and O–H groups in total. The molecule has 1 aromatic rings. The smallest absolute Gasteiger partial charge is 0.353 e. The summed E-state index contributed by atoms with van der Waals surface area (Å²) >= 11 is 0. The number of hydrogen-bond acceptors (Lipinski definition) is 3. The third-order valence-corrected chi connectivity index (χ3v) is 7.07. The zero-order chi connectivity index (χ0) is 22.4. The number of piperidine rings is 2. The van der Waals surface area contributed by atoms with Gasteiger partial charge in [-0.25, -0.2) is 0 Å². The van der Waals surface area contributed by atoms with Crippen LogP contribution in [0.1, 0.15) is 50.7 Å². The molecule has 3 fully saturated rings. The molecule has 3 atom stereocenters. The molecular formula is C23H29F3N2O3. The molecule has 4 rings (SSSR count). The van der Waals surface area contributed by atoms with Gasteiger partial charge in [0.1, 0.15) is 5.72 Å². The normalized spacial score (nSPS) is 28.6. The maximum atomic E-state index is 12.8. The van der Waals surface area contributed by atoms with Crippen molar-refractivity contribution in [2.24, 2.45) is 11.8 Å². The molecule has 0 bridgehead atoms. The van der Waals surface area contributed by atoms with Gasteiger partial charge >= 0.3 is 6.18 Å². The molecule has 2 amide bonds. The van der Waals surface area contributed by atoms with Gasteiger partial charge in [0.05, 0.1) is 18.2 Å². The monoisotopic (exact) mass is 438 g/mol. The van der Waals surface area contributed by atoms with Gasteiger partial charge in [-0.1, -0.05) is 26.0 Å². The molecule has 0 radical (unpaired) electrons. The number of carbonyl (C=O) groups is 2. The molecule has 3 aliphatic heterocycles. The van der Waals surface area contributed by atoms with Crippen LogP contribution in [0, 0.1) is 11.8 Å². The first-order valence-corrected chi connectivity index (χ1v) is 11.0. The summed E-state index contributed by atoms with van der Waals surface area (Å²) < 4.78 is 44.4. The molecule has 3 heterocycles. The third-order valence-electron chi connectivity index (χ3n) is 7.07. The van der Waals surface area contributed by atoms with Crippen molar-refractivity contribution in [2.45, 2.75) is 63.9 Å². The predicted molar refractivity (Wildman–Crippen MR) is 108 cm³/mol. The van der Waals surface area contributed by atoms with E-state index in [2.05, 4.69) is 13.8 Å². The van der Waals surface area contributed by atoms with E-state index in [0.29, 0.717) is 56.9 Å². The van der Waals surface area contributed by atoms with Gasteiger partial charge in [0.15, 0.2) is 0 Å². The number of hydrogen-bond donors (Lipinski definition) is 0. The first-order valence-electron chi connectivity index (χ1n) is 11.0. The van der Waals surface area contributed by atoms with Crippen molar-refractivity contribution in [2.75, 3.05) is 19.7 Å². The van der Waals surface area contributed by atoms with Gasteiger partial charge in [-0.2, -0.15) is 13.2 Å². The van der Waals surface area contributed by atoms with E-state index in [0.717, 1.165) is 12.1 Å². The zero-order valence-electron chi connectivity index (χ0n) is 18.0. The lowest BCUT2D eigenvalue weighted by Gasteiger charge is -2.53. The molecule has 0 saturated carbocycles. The molecule has 1 aromatic carbocycles. The summed E-state index contributed by atoms with van der Waals surface area (Å²) in [6.07, 6.45) is -1.90. The average molecular weight is 438 g/mol. The number of carbonyl (C=O) groups excluding carboxylic acids is 2. The van der Waals surface area contributed by atoms with Gasteiger partial charge in [-0.3, -0.25) is 9.59 Å². The third kappa shape index (κ3) is 4.06. The van der Waals surface area contributed by atoms with E-state index in [1.54, 1.807) is 0 Å². The molecule has 3 saturated heterocycles. The Hall–Kier alpha value is -2.09. The highest BCUT2D eigenvalue weighted by Gasteiger charge is 2.59. The van der Waals surface area contributed by atoms with Crippen LogP contribution >= 0.6 is 0 Å². The summed E-state index contributed by atoms with van der Waals surface area (Å²) in [6, 6.07) is 5.06. The molecule has 5 nitrogen and oxygen atoms in total. The number of alkyl halides is 3. The number of halogens is 3. The topological polar surface area (TPSA) is 49.9 Å². The number of aryl methyl sites for hydroxylation is 1. The lowest BCUT2D eigenvalue weighted by molar-refractivity contribution is -0.193. The van der Waals surface area contributed by atoms with Crippen LogP contribution in [0.15, 0.2) is 24.3 Å². The molecule has 0 aliphatic carbocycles. The second-order valence-corrected chi connectivity index (χ2v) is 9.25. The van der Waals surface area contributed by atoms with Crippen molar-refractivity contribution in [1.82, 2.24) is 9.80 Å². The second-order valence-electron chi connectivity index (χ2n) is 9.25. The van der Waals surface area contributed by atoms with Crippen LogP contribution in [0.5, 0.6) is 0 Å². The molecule has 31 heavy (non-hydrogen) atoms. The highest BCUT2D eigenvalue weighted by molar-refractivity contribution is 5.79. The number of nitrogens with zero attached hydrogens (tertiary/aromatic N) is 2. The largest absolute Gasteiger partial charge is 0.416 e. The van der Waals surface area contributed by atoms with E-state index in [-0.39, 0.29) is 30.2 Å². The summed E-state index contributed by atoms with van der Waals surface area (Å²) in [5.74, 6) is 0.550. The fourth-order valence-electron chi connectivity index (χ4n) is 5.28. The Morgan fingerprint density at radius 2 is 1.97 bits per heavy atom. The molecule has 8 heteroatoms. The summed E-state index contributed by atoms with van der Waals surface area (Å²) in [5, 5.41) is 0. The molecule has 170 valence electrons. The molecule has 3 aliphatic rings. The first-order chi connectivity index (χ1) is 14.6. The van der Waals surface area contributed by atoms with Gasteiger partial charge in [0, 0.05) is 38.3 Å². The Balaban J connectivity index is 1.38. The average Bonchev–Trinajstić information content (AvgIpc) is 3.12. The standard InChI is InChI=1S/C23H29F3N2O3/c1-15(2)19-14-31-22-11-12-27(13-18(22)8-10-21(30)28(19)22)20(29)9-5-16-3-6-17(7-4-16)23(24,25)26/h3-4,6-7,15,18-19H,5,8-14H2,1-2H3/t18?,19-,22?/m1/s1. The van der Waals surface area contributed by atoms with E-state index in [1.807, 2.05) is 9.80 Å². The second kappa shape index (κ2) is 8.11. The van der Waals surface area contributed by atoms with Gasteiger partial charge in [-0.05, 0) is 36.5 Å². The lowest BCUT2D eigenvalue weighted by Crippen LogP contribution is -2.65. The predicted octanol–water partition coefficient (Wildman–Crippen LogP) is 3.86. The number of likely N-dealkylation sites (tertiary alicyclic amines) is 1. The summed E-state index contributed by atoms with van der Waals surface area (Å²) in [5.41, 5.74) is -0.561. The summed E-state index contributed by atoms with van der Waals surface area (Å²) in [4.78, 5) is 29.3. The van der Waals surface area contributed by atoms with Gasteiger partial charge < -0.3 is 14.5 Å². The lowest BCUT2D eigenvalue weighted by atomic mass is 9.79. The van der Waals surface area contributed by atoms with Crippen molar-refractivity contribution in [3.63, 3.8) is 0 Å². The minimum absolute atomic E-state index is 0.00314. The Bertz CT molecular complexity index is 839. The van der Waals surface area contributed by atoms with Gasteiger partial charge in [0.2, 0.25) is 11.8 Å².